The van der Waals surface area contributed by atoms with Gasteiger partial charge >= 0.3 is 0 Å². The van der Waals surface area contributed by atoms with E-state index in [2.05, 4.69) is 17.1 Å². The largest absolute Gasteiger partial charge is 0.398 e. The number of hydrogen-bond donors (Lipinski definition) is 2. The Morgan fingerprint density at radius 1 is 1.29 bits per heavy atom. The van der Waals surface area contributed by atoms with Crippen LogP contribution in [0.1, 0.15) is 49.4 Å². The second-order valence-corrected chi connectivity index (χ2v) is 6.45. The van der Waals surface area contributed by atoms with Gasteiger partial charge in [-0.15, -0.1) is 0 Å². The van der Waals surface area contributed by atoms with Crippen molar-refractivity contribution in [2.24, 2.45) is 0 Å². The van der Waals surface area contributed by atoms with Crippen molar-refractivity contribution >= 4 is 11.6 Å². The first kappa shape index (κ1) is 14.4. The zero-order valence-electron chi connectivity index (χ0n) is 12.7. The molecule has 0 aliphatic carbocycles. The van der Waals surface area contributed by atoms with Crippen molar-refractivity contribution in [1.29, 1.82) is 0 Å². The molecular weight excluding hydrogens is 262 g/mol. The van der Waals surface area contributed by atoms with E-state index in [-0.39, 0.29) is 11.9 Å². The van der Waals surface area contributed by atoms with Gasteiger partial charge in [-0.1, -0.05) is 18.6 Å². The molecule has 0 bridgehead atoms. The Bertz CT molecular complexity index is 517. The van der Waals surface area contributed by atoms with Crippen LogP contribution < -0.4 is 11.1 Å². The van der Waals surface area contributed by atoms with Gasteiger partial charge in [0.2, 0.25) is 0 Å². The van der Waals surface area contributed by atoms with E-state index in [0.29, 0.717) is 23.3 Å². The molecule has 1 amide bonds. The molecule has 2 heterocycles. The average molecular weight is 287 g/mol. The van der Waals surface area contributed by atoms with Gasteiger partial charge in [-0.3, -0.25) is 9.69 Å². The second-order valence-electron chi connectivity index (χ2n) is 6.45. The summed E-state index contributed by atoms with van der Waals surface area (Å²) in [6, 6.07) is 8.91. The van der Waals surface area contributed by atoms with Gasteiger partial charge in [0.25, 0.3) is 5.91 Å². The zero-order valence-corrected chi connectivity index (χ0v) is 12.7. The maximum Gasteiger partial charge on any atom is 0.253 e. The number of para-hydroxylation sites is 1. The van der Waals surface area contributed by atoms with Crippen molar-refractivity contribution in [3.05, 3.63) is 29.8 Å². The van der Waals surface area contributed by atoms with E-state index in [9.17, 15) is 4.79 Å². The highest BCUT2D eigenvalue weighted by Gasteiger charge is 2.34. The lowest BCUT2D eigenvalue weighted by atomic mass is 9.87. The smallest absolute Gasteiger partial charge is 0.253 e. The van der Waals surface area contributed by atoms with Gasteiger partial charge in [-0.25, -0.2) is 0 Å². The molecule has 0 radical (unpaired) electrons. The van der Waals surface area contributed by atoms with Crippen LogP contribution in [0.5, 0.6) is 0 Å². The van der Waals surface area contributed by atoms with Crippen molar-refractivity contribution in [3.8, 4) is 0 Å². The number of carbonyl (C=O) groups excluding carboxylic acids is 1. The molecule has 1 aromatic carbocycles. The summed E-state index contributed by atoms with van der Waals surface area (Å²) in [6.07, 6.45) is 6.01. The first-order chi connectivity index (χ1) is 10.1. The van der Waals surface area contributed by atoms with E-state index in [1.807, 2.05) is 12.1 Å². The summed E-state index contributed by atoms with van der Waals surface area (Å²) in [7, 11) is 0. The van der Waals surface area contributed by atoms with Gasteiger partial charge in [0.05, 0.1) is 5.56 Å². The van der Waals surface area contributed by atoms with Gasteiger partial charge < -0.3 is 11.1 Å². The van der Waals surface area contributed by atoms with E-state index in [1.165, 1.54) is 19.3 Å². The SMILES string of the molecule is C[C@@H]1CCC[C@@H]2C[C@@H](NC(=O)c3ccccc3N)CCN21. The summed E-state index contributed by atoms with van der Waals surface area (Å²) >= 11 is 0. The number of nitrogens with one attached hydrogen (secondary N) is 1. The molecule has 0 aromatic heterocycles. The highest BCUT2D eigenvalue weighted by atomic mass is 16.1. The Labute approximate surface area is 126 Å². The molecule has 1 aromatic rings. The van der Waals surface area contributed by atoms with Gasteiger partial charge in [0, 0.05) is 30.4 Å². The van der Waals surface area contributed by atoms with Crippen molar-refractivity contribution in [3.63, 3.8) is 0 Å². The number of fused-ring (bicyclic) bond motifs is 1. The number of piperidine rings is 2. The lowest BCUT2D eigenvalue weighted by Gasteiger charge is -2.46. The van der Waals surface area contributed by atoms with E-state index >= 15 is 0 Å². The summed E-state index contributed by atoms with van der Waals surface area (Å²) in [4.78, 5) is 15.0. The molecule has 2 fully saturated rings. The first-order valence-corrected chi connectivity index (χ1v) is 8.06. The quantitative estimate of drug-likeness (QED) is 0.821. The number of rotatable bonds is 2. The standard InChI is InChI=1S/C17H25N3O/c1-12-5-4-6-14-11-13(9-10-20(12)14)19-17(21)15-7-2-3-8-16(15)18/h2-3,7-8,12-14H,4-6,9-11,18H2,1H3,(H,19,21)/t12-,13+,14-/m1/s1. The minimum absolute atomic E-state index is 0.0320. The minimum Gasteiger partial charge on any atom is -0.398 e. The maximum atomic E-state index is 12.4. The molecule has 0 saturated carbocycles. The Kier molecular flexibility index (Phi) is 4.15. The summed E-state index contributed by atoms with van der Waals surface area (Å²) < 4.78 is 0. The molecule has 21 heavy (non-hydrogen) atoms. The summed E-state index contributed by atoms with van der Waals surface area (Å²) in [5.41, 5.74) is 7.03. The molecule has 114 valence electrons. The molecule has 3 rings (SSSR count). The topological polar surface area (TPSA) is 58.4 Å². The van der Waals surface area contributed by atoms with Crippen molar-refractivity contribution in [1.82, 2.24) is 10.2 Å². The average Bonchev–Trinajstić information content (AvgIpc) is 2.48. The van der Waals surface area contributed by atoms with Crippen molar-refractivity contribution in [2.45, 2.75) is 57.2 Å². The third kappa shape index (κ3) is 3.05. The molecule has 3 atom stereocenters. The first-order valence-electron chi connectivity index (χ1n) is 8.06. The van der Waals surface area contributed by atoms with E-state index < -0.39 is 0 Å². The molecule has 2 saturated heterocycles. The van der Waals surface area contributed by atoms with Crippen LogP contribution in [0.3, 0.4) is 0 Å². The molecule has 2 aliphatic rings. The number of amides is 1. The summed E-state index contributed by atoms with van der Waals surface area (Å²) in [5.74, 6) is -0.0320. The Hall–Kier alpha value is -1.55. The van der Waals surface area contributed by atoms with E-state index in [4.69, 9.17) is 5.73 Å². The highest BCUT2D eigenvalue weighted by Crippen LogP contribution is 2.30. The van der Waals surface area contributed by atoms with Crippen molar-refractivity contribution < 1.29 is 4.79 Å². The Balaban J connectivity index is 1.62. The van der Waals surface area contributed by atoms with Gasteiger partial charge in [0.1, 0.15) is 0 Å². The third-order valence-corrected chi connectivity index (χ3v) is 5.03. The molecular formula is C17H25N3O. The number of benzene rings is 1. The number of nitrogen functional groups attached to an aromatic ring is 1. The predicted molar refractivity (Wildman–Crippen MR) is 85.1 cm³/mol. The zero-order chi connectivity index (χ0) is 14.8. The monoisotopic (exact) mass is 287 g/mol. The number of carbonyl (C=O) groups is 1. The Morgan fingerprint density at radius 3 is 2.90 bits per heavy atom. The van der Waals surface area contributed by atoms with Crippen molar-refractivity contribution in [2.75, 3.05) is 12.3 Å². The van der Waals surface area contributed by atoms with Crippen LogP contribution in [0, 0.1) is 0 Å². The van der Waals surface area contributed by atoms with Gasteiger partial charge in [-0.05, 0) is 44.7 Å². The lowest BCUT2D eigenvalue weighted by molar-refractivity contribution is 0.0458. The number of anilines is 1. The van der Waals surface area contributed by atoms with E-state index in [0.717, 1.165) is 19.4 Å². The van der Waals surface area contributed by atoms with Gasteiger partial charge in [-0.2, -0.15) is 0 Å². The van der Waals surface area contributed by atoms with Crippen LogP contribution in [0.15, 0.2) is 24.3 Å². The van der Waals surface area contributed by atoms with E-state index in [1.54, 1.807) is 12.1 Å². The van der Waals surface area contributed by atoms with Crippen LogP contribution in [0.4, 0.5) is 5.69 Å². The maximum absolute atomic E-state index is 12.4. The minimum atomic E-state index is -0.0320. The van der Waals surface area contributed by atoms with Crippen LogP contribution in [0.25, 0.3) is 0 Å². The third-order valence-electron chi connectivity index (χ3n) is 5.03. The fraction of sp³-hybridized carbons (Fsp3) is 0.588. The van der Waals surface area contributed by atoms with Crippen LogP contribution >= 0.6 is 0 Å². The number of nitrogens with zero attached hydrogens (tertiary/aromatic N) is 1. The molecule has 0 spiro atoms. The highest BCUT2D eigenvalue weighted by molar-refractivity contribution is 5.99. The normalized spacial score (nSPS) is 29.7. The van der Waals surface area contributed by atoms with Crippen LogP contribution in [0.2, 0.25) is 0 Å². The molecule has 3 N–H and O–H groups in total. The molecule has 4 nitrogen and oxygen atoms in total. The summed E-state index contributed by atoms with van der Waals surface area (Å²) in [5, 5.41) is 3.18. The second kappa shape index (κ2) is 6.06. The molecule has 4 heteroatoms. The predicted octanol–water partition coefficient (Wildman–Crippen LogP) is 2.40. The Morgan fingerprint density at radius 2 is 2.10 bits per heavy atom. The van der Waals surface area contributed by atoms with Crippen LogP contribution in [-0.4, -0.2) is 35.5 Å². The van der Waals surface area contributed by atoms with Crippen LogP contribution in [-0.2, 0) is 0 Å². The number of hydrogen-bond acceptors (Lipinski definition) is 3. The lowest BCUT2D eigenvalue weighted by Crippen LogP contribution is -2.54. The summed E-state index contributed by atoms with van der Waals surface area (Å²) in [6.45, 7) is 3.43. The molecule has 0 unspecified atom stereocenters. The fourth-order valence-electron chi connectivity index (χ4n) is 3.85. The fourth-order valence-corrected chi connectivity index (χ4v) is 3.85. The number of nitrogens with two attached hydrogens (primary N) is 1. The molecule has 2 aliphatic heterocycles. The van der Waals surface area contributed by atoms with Gasteiger partial charge in [0.15, 0.2) is 0 Å².